The van der Waals surface area contributed by atoms with E-state index in [1.165, 1.54) is 12.1 Å². The number of amides is 1. The first-order valence-corrected chi connectivity index (χ1v) is 8.77. The smallest absolute Gasteiger partial charge is 0.217 e. The zero-order valence-corrected chi connectivity index (χ0v) is 14.5. The summed E-state index contributed by atoms with van der Waals surface area (Å²) < 4.78 is 13.2. The Morgan fingerprint density at radius 2 is 2.08 bits per heavy atom. The number of likely N-dealkylation sites (tertiary alicyclic amines) is 1. The van der Waals surface area contributed by atoms with Crippen molar-refractivity contribution in [3.05, 3.63) is 65.7 Å². The van der Waals surface area contributed by atoms with Gasteiger partial charge in [0.15, 0.2) is 0 Å². The van der Waals surface area contributed by atoms with Gasteiger partial charge in [0, 0.05) is 31.7 Å². The van der Waals surface area contributed by atoms with Crippen LogP contribution in [0, 0.1) is 5.82 Å². The molecule has 2 aromatic rings. The summed E-state index contributed by atoms with van der Waals surface area (Å²) >= 11 is 0. The molecule has 0 unspecified atom stereocenters. The van der Waals surface area contributed by atoms with E-state index in [0.29, 0.717) is 0 Å². The fourth-order valence-corrected chi connectivity index (χ4v) is 3.59. The highest BCUT2D eigenvalue weighted by Crippen LogP contribution is 2.23. The lowest BCUT2D eigenvalue weighted by atomic mass is 9.90. The highest BCUT2D eigenvalue weighted by atomic mass is 19.1. The van der Waals surface area contributed by atoms with E-state index in [1.54, 1.807) is 13.1 Å². The Kier molecular flexibility index (Phi) is 5.76. The largest absolute Gasteiger partial charge is 0.352 e. The molecule has 4 nitrogen and oxygen atoms in total. The first kappa shape index (κ1) is 17.5. The van der Waals surface area contributed by atoms with Gasteiger partial charge < -0.3 is 5.32 Å². The summed E-state index contributed by atoms with van der Waals surface area (Å²) in [6.07, 6.45) is 4.58. The van der Waals surface area contributed by atoms with Crippen molar-refractivity contribution in [3.8, 4) is 0 Å². The van der Waals surface area contributed by atoms with Gasteiger partial charge in [0.05, 0.1) is 5.69 Å². The maximum absolute atomic E-state index is 13.2. The lowest BCUT2D eigenvalue weighted by Crippen LogP contribution is -2.55. The minimum Gasteiger partial charge on any atom is -0.352 e. The molecule has 2 atom stereocenters. The predicted octanol–water partition coefficient (Wildman–Crippen LogP) is 2.93. The number of nitrogens with zero attached hydrogens (tertiary/aromatic N) is 2. The molecule has 3 rings (SSSR count). The van der Waals surface area contributed by atoms with E-state index in [-0.39, 0.29) is 23.8 Å². The molecule has 1 saturated heterocycles. The molecule has 5 heteroatoms. The lowest BCUT2D eigenvalue weighted by molar-refractivity contribution is -0.120. The topological polar surface area (TPSA) is 45.2 Å². The SMILES string of the molecule is CC(=O)N[C@H]1CCCN(Cc2ccccn2)[C@H]1Cc1ccc(F)cc1. The fraction of sp³-hybridized carbons (Fsp3) is 0.400. The van der Waals surface area contributed by atoms with E-state index in [2.05, 4.69) is 15.2 Å². The number of piperidine rings is 1. The third kappa shape index (κ3) is 4.86. The molecule has 132 valence electrons. The van der Waals surface area contributed by atoms with Gasteiger partial charge in [-0.2, -0.15) is 0 Å². The molecule has 1 aromatic carbocycles. The Hall–Kier alpha value is -2.27. The summed E-state index contributed by atoms with van der Waals surface area (Å²) in [5.41, 5.74) is 2.10. The molecule has 1 aliphatic rings. The second kappa shape index (κ2) is 8.21. The van der Waals surface area contributed by atoms with Crippen LogP contribution in [0.1, 0.15) is 31.0 Å². The minimum atomic E-state index is -0.226. The van der Waals surface area contributed by atoms with Crippen molar-refractivity contribution in [1.29, 1.82) is 0 Å². The Morgan fingerprint density at radius 3 is 2.76 bits per heavy atom. The van der Waals surface area contributed by atoms with E-state index >= 15 is 0 Å². The lowest BCUT2D eigenvalue weighted by Gasteiger charge is -2.41. The van der Waals surface area contributed by atoms with Gasteiger partial charge in [-0.3, -0.25) is 14.7 Å². The maximum atomic E-state index is 13.2. The molecule has 1 fully saturated rings. The number of carbonyl (C=O) groups is 1. The average Bonchev–Trinajstić information content (AvgIpc) is 2.60. The van der Waals surface area contributed by atoms with Crippen LogP contribution in [-0.4, -0.2) is 34.4 Å². The van der Waals surface area contributed by atoms with E-state index in [1.807, 2.05) is 30.3 Å². The van der Waals surface area contributed by atoms with Crippen LogP contribution in [0.3, 0.4) is 0 Å². The number of pyridine rings is 1. The first-order chi connectivity index (χ1) is 12.1. The number of rotatable bonds is 5. The number of carbonyl (C=O) groups excluding carboxylic acids is 1. The predicted molar refractivity (Wildman–Crippen MR) is 95.4 cm³/mol. The molecule has 0 aliphatic carbocycles. The number of nitrogens with one attached hydrogen (secondary N) is 1. The van der Waals surface area contributed by atoms with Crippen LogP contribution in [0.4, 0.5) is 4.39 Å². The summed E-state index contributed by atoms with van der Waals surface area (Å²) in [4.78, 5) is 18.4. The van der Waals surface area contributed by atoms with Gasteiger partial charge in [-0.15, -0.1) is 0 Å². The van der Waals surface area contributed by atoms with Crippen LogP contribution in [0.25, 0.3) is 0 Å². The van der Waals surface area contributed by atoms with Gasteiger partial charge in [0.25, 0.3) is 0 Å². The summed E-state index contributed by atoms with van der Waals surface area (Å²) in [6, 6.07) is 12.8. The quantitative estimate of drug-likeness (QED) is 0.909. The highest BCUT2D eigenvalue weighted by molar-refractivity contribution is 5.73. The second-order valence-electron chi connectivity index (χ2n) is 6.64. The number of hydrogen-bond donors (Lipinski definition) is 1. The van der Waals surface area contributed by atoms with Crippen molar-refractivity contribution >= 4 is 5.91 Å². The Balaban J connectivity index is 1.80. The van der Waals surface area contributed by atoms with Crippen molar-refractivity contribution in [2.75, 3.05) is 6.54 Å². The molecule has 1 amide bonds. The fourth-order valence-electron chi connectivity index (χ4n) is 3.59. The van der Waals surface area contributed by atoms with Crippen molar-refractivity contribution in [3.63, 3.8) is 0 Å². The maximum Gasteiger partial charge on any atom is 0.217 e. The molecule has 0 saturated carbocycles. The zero-order chi connectivity index (χ0) is 17.6. The minimum absolute atomic E-state index is 0.00575. The van der Waals surface area contributed by atoms with Crippen molar-refractivity contribution < 1.29 is 9.18 Å². The number of hydrogen-bond acceptors (Lipinski definition) is 3. The monoisotopic (exact) mass is 341 g/mol. The van der Waals surface area contributed by atoms with E-state index in [4.69, 9.17) is 0 Å². The molecule has 0 radical (unpaired) electrons. The molecule has 0 bridgehead atoms. The molecule has 25 heavy (non-hydrogen) atoms. The van der Waals surface area contributed by atoms with Gasteiger partial charge in [0.2, 0.25) is 5.91 Å². The van der Waals surface area contributed by atoms with Crippen molar-refractivity contribution in [1.82, 2.24) is 15.2 Å². The highest BCUT2D eigenvalue weighted by Gasteiger charge is 2.32. The zero-order valence-electron chi connectivity index (χ0n) is 14.5. The third-order valence-corrected chi connectivity index (χ3v) is 4.73. The molecular formula is C20H24FN3O. The molecule has 1 aliphatic heterocycles. The van der Waals surface area contributed by atoms with Crippen LogP contribution >= 0.6 is 0 Å². The van der Waals surface area contributed by atoms with Crippen molar-refractivity contribution in [2.24, 2.45) is 0 Å². The van der Waals surface area contributed by atoms with Gasteiger partial charge in [-0.25, -0.2) is 4.39 Å². The molecule has 1 aromatic heterocycles. The van der Waals surface area contributed by atoms with Gasteiger partial charge in [-0.05, 0) is 55.6 Å². The number of benzene rings is 1. The van der Waals surface area contributed by atoms with Crippen molar-refractivity contribution in [2.45, 2.75) is 44.8 Å². The first-order valence-electron chi connectivity index (χ1n) is 8.77. The normalized spacial score (nSPS) is 21.0. The Morgan fingerprint density at radius 1 is 1.28 bits per heavy atom. The van der Waals surface area contributed by atoms with Crippen LogP contribution < -0.4 is 5.32 Å². The van der Waals surface area contributed by atoms with Crippen LogP contribution in [0.2, 0.25) is 0 Å². The van der Waals surface area contributed by atoms with E-state index in [9.17, 15) is 9.18 Å². The van der Waals surface area contributed by atoms with Crippen LogP contribution in [-0.2, 0) is 17.8 Å². The average molecular weight is 341 g/mol. The van der Waals surface area contributed by atoms with Gasteiger partial charge >= 0.3 is 0 Å². The van der Waals surface area contributed by atoms with Gasteiger partial charge in [0.1, 0.15) is 5.82 Å². The summed E-state index contributed by atoms with van der Waals surface area (Å²) in [7, 11) is 0. The molecule has 2 heterocycles. The Bertz CT molecular complexity index is 690. The number of halogens is 1. The molecular weight excluding hydrogens is 317 g/mol. The summed E-state index contributed by atoms with van der Waals surface area (Å²) in [5, 5.41) is 3.10. The standard InChI is InChI=1S/C20H24FN3O/c1-15(25)23-19-6-4-12-24(14-18-5-2-3-11-22-18)20(19)13-16-7-9-17(21)10-8-16/h2-3,5,7-11,19-20H,4,6,12-14H2,1H3,(H,23,25)/t19-,20-/m0/s1. The van der Waals surface area contributed by atoms with E-state index in [0.717, 1.165) is 43.6 Å². The van der Waals surface area contributed by atoms with Crippen LogP contribution in [0.5, 0.6) is 0 Å². The van der Waals surface area contributed by atoms with Crippen LogP contribution in [0.15, 0.2) is 48.7 Å². The molecule has 1 N–H and O–H groups in total. The van der Waals surface area contributed by atoms with E-state index < -0.39 is 0 Å². The number of aromatic nitrogens is 1. The van der Waals surface area contributed by atoms with Gasteiger partial charge in [-0.1, -0.05) is 18.2 Å². The summed E-state index contributed by atoms with van der Waals surface area (Å²) in [6.45, 7) is 3.29. The second-order valence-corrected chi connectivity index (χ2v) is 6.64. The Labute approximate surface area is 148 Å². The molecule has 0 spiro atoms. The summed E-state index contributed by atoms with van der Waals surface area (Å²) in [5.74, 6) is -0.232. The third-order valence-electron chi connectivity index (χ3n) is 4.73.